The SMILES string of the molecule is CC(C)C(O)C(=O)N1CCC(c2ccc3ncn(CC(=O)N(C)Cc4ccc(Cl)c(Cl)c4)c(=O)c3c2)CC1. The lowest BCUT2D eigenvalue weighted by Gasteiger charge is -2.34. The van der Waals surface area contributed by atoms with Gasteiger partial charge in [-0.1, -0.05) is 49.2 Å². The molecule has 1 aromatic heterocycles. The minimum Gasteiger partial charge on any atom is -0.383 e. The second-order valence-corrected chi connectivity index (χ2v) is 11.1. The number of nitrogens with zero attached hydrogens (tertiary/aromatic N) is 4. The van der Waals surface area contributed by atoms with Crippen LogP contribution in [0.5, 0.6) is 0 Å². The normalized spacial score (nSPS) is 15.2. The second kappa shape index (κ2) is 11.8. The number of hydrogen-bond donors (Lipinski definition) is 1. The van der Waals surface area contributed by atoms with Crippen LogP contribution in [0.1, 0.15) is 43.7 Å². The number of aromatic nitrogens is 2. The lowest BCUT2D eigenvalue weighted by molar-refractivity contribution is -0.143. The first-order valence-corrected chi connectivity index (χ1v) is 13.4. The van der Waals surface area contributed by atoms with Gasteiger partial charge in [0.2, 0.25) is 5.91 Å². The smallest absolute Gasteiger partial charge is 0.261 e. The van der Waals surface area contributed by atoms with Crippen LogP contribution in [-0.4, -0.2) is 62.5 Å². The molecule has 3 aromatic rings. The van der Waals surface area contributed by atoms with Crippen LogP contribution < -0.4 is 5.56 Å². The van der Waals surface area contributed by atoms with Gasteiger partial charge in [-0.15, -0.1) is 0 Å². The van der Waals surface area contributed by atoms with Crippen molar-refractivity contribution in [2.24, 2.45) is 5.92 Å². The summed E-state index contributed by atoms with van der Waals surface area (Å²) in [5.41, 5.74) is 2.13. The predicted molar refractivity (Wildman–Crippen MR) is 148 cm³/mol. The van der Waals surface area contributed by atoms with Crippen molar-refractivity contribution in [3.63, 3.8) is 0 Å². The molecule has 1 aliphatic rings. The average molecular weight is 559 g/mol. The zero-order chi connectivity index (χ0) is 27.6. The highest BCUT2D eigenvalue weighted by atomic mass is 35.5. The molecular formula is C28H32Cl2N4O4. The van der Waals surface area contributed by atoms with Crippen LogP contribution in [0.15, 0.2) is 47.5 Å². The van der Waals surface area contributed by atoms with Gasteiger partial charge in [0.25, 0.3) is 11.5 Å². The molecule has 0 spiro atoms. The van der Waals surface area contributed by atoms with E-state index < -0.39 is 6.10 Å². The van der Waals surface area contributed by atoms with Crippen LogP contribution in [0, 0.1) is 5.92 Å². The number of rotatable bonds is 7. The highest BCUT2D eigenvalue weighted by Crippen LogP contribution is 2.30. The van der Waals surface area contributed by atoms with Gasteiger partial charge in [0.1, 0.15) is 12.6 Å². The summed E-state index contributed by atoms with van der Waals surface area (Å²) < 4.78 is 1.33. The summed E-state index contributed by atoms with van der Waals surface area (Å²) in [6, 6.07) is 10.9. The Morgan fingerprint density at radius 3 is 2.47 bits per heavy atom. The number of hydrogen-bond acceptors (Lipinski definition) is 5. The maximum Gasteiger partial charge on any atom is 0.261 e. The van der Waals surface area contributed by atoms with Gasteiger partial charge in [0.15, 0.2) is 0 Å². The van der Waals surface area contributed by atoms with Gasteiger partial charge in [-0.25, -0.2) is 4.98 Å². The van der Waals surface area contributed by atoms with Crippen LogP contribution in [0.3, 0.4) is 0 Å². The van der Waals surface area contributed by atoms with E-state index >= 15 is 0 Å². The lowest BCUT2D eigenvalue weighted by Crippen LogP contribution is -2.45. The molecule has 1 fully saturated rings. The molecular weight excluding hydrogens is 527 g/mol. The summed E-state index contributed by atoms with van der Waals surface area (Å²) in [4.78, 5) is 46.3. The molecule has 4 rings (SSSR count). The Kier molecular flexibility index (Phi) is 8.75. The number of fused-ring (bicyclic) bond motifs is 1. The summed E-state index contributed by atoms with van der Waals surface area (Å²) in [5.74, 6) is -0.404. The summed E-state index contributed by atoms with van der Waals surface area (Å²) >= 11 is 12.1. The predicted octanol–water partition coefficient (Wildman–Crippen LogP) is 4.08. The maximum atomic E-state index is 13.3. The molecule has 2 heterocycles. The first-order valence-electron chi connectivity index (χ1n) is 12.7. The van der Waals surface area contributed by atoms with Crippen molar-refractivity contribution in [3.05, 3.63) is 74.3 Å². The minimum atomic E-state index is -0.984. The van der Waals surface area contributed by atoms with E-state index in [1.54, 1.807) is 30.1 Å². The monoisotopic (exact) mass is 558 g/mol. The standard InChI is InChI=1S/C28H32Cl2N4O4/c1-17(2)26(36)28(38)33-10-8-19(9-11-33)20-5-7-24-21(13-20)27(37)34(16-31-24)15-25(35)32(3)14-18-4-6-22(29)23(30)12-18/h4-7,12-13,16-17,19,26,36H,8-11,14-15H2,1-3H3. The second-order valence-electron chi connectivity index (χ2n) is 10.2. The van der Waals surface area contributed by atoms with E-state index in [1.807, 2.05) is 32.0 Å². The number of aliphatic hydroxyl groups is 1. The molecule has 10 heteroatoms. The van der Waals surface area contributed by atoms with Crippen LogP contribution in [-0.2, 0) is 22.7 Å². The summed E-state index contributed by atoms with van der Waals surface area (Å²) in [6.07, 6.45) is 1.91. The maximum absolute atomic E-state index is 13.3. The van der Waals surface area contributed by atoms with Gasteiger partial charge in [-0.05, 0) is 60.1 Å². The highest BCUT2D eigenvalue weighted by molar-refractivity contribution is 6.42. The molecule has 0 saturated carbocycles. The van der Waals surface area contributed by atoms with Gasteiger partial charge in [0.05, 0.1) is 27.3 Å². The molecule has 1 aliphatic heterocycles. The third kappa shape index (κ3) is 6.20. The fourth-order valence-electron chi connectivity index (χ4n) is 4.72. The van der Waals surface area contributed by atoms with Crippen molar-refractivity contribution < 1.29 is 14.7 Å². The van der Waals surface area contributed by atoms with Crippen molar-refractivity contribution in [2.75, 3.05) is 20.1 Å². The highest BCUT2D eigenvalue weighted by Gasteiger charge is 2.29. The number of carbonyl (C=O) groups is 2. The Hall–Kier alpha value is -2.94. The molecule has 0 aliphatic carbocycles. The van der Waals surface area contributed by atoms with Crippen molar-refractivity contribution in [3.8, 4) is 0 Å². The van der Waals surface area contributed by atoms with E-state index in [0.29, 0.717) is 40.6 Å². The Morgan fingerprint density at radius 2 is 1.82 bits per heavy atom. The fourth-order valence-corrected chi connectivity index (χ4v) is 5.04. The third-order valence-electron chi connectivity index (χ3n) is 7.15. The van der Waals surface area contributed by atoms with Crippen molar-refractivity contribution in [1.82, 2.24) is 19.4 Å². The molecule has 8 nitrogen and oxygen atoms in total. The summed E-state index contributed by atoms with van der Waals surface area (Å²) in [5, 5.41) is 11.4. The first-order chi connectivity index (χ1) is 18.0. The zero-order valence-corrected chi connectivity index (χ0v) is 23.2. The quantitative estimate of drug-likeness (QED) is 0.471. The van der Waals surface area contributed by atoms with Crippen molar-refractivity contribution >= 4 is 45.9 Å². The van der Waals surface area contributed by atoms with E-state index in [0.717, 1.165) is 24.0 Å². The van der Waals surface area contributed by atoms with Gasteiger partial charge >= 0.3 is 0 Å². The molecule has 1 atom stereocenters. The Morgan fingerprint density at radius 1 is 1.11 bits per heavy atom. The number of carbonyl (C=O) groups excluding carboxylic acids is 2. The Labute approximate surface area is 231 Å². The largest absolute Gasteiger partial charge is 0.383 e. The lowest BCUT2D eigenvalue weighted by atomic mass is 9.88. The van der Waals surface area contributed by atoms with Gasteiger partial charge < -0.3 is 14.9 Å². The van der Waals surface area contributed by atoms with E-state index in [1.165, 1.54) is 15.8 Å². The van der Waals surface area contributed by atoms with E-state index in [-0.39, 0.29) is 35.8 Å². The Balaban J connectivity index is 1.45. The summed E-state index contributed by atoms with van der Waals surface area (Å²) in [6.45, 7) is 4.96. The molecule has 1 N–H and O–H groups in total. The van der Waals surface area contributed by atoms with Crippen LogP contribution in [0.2, 0.25) is 10.0 Å². The molecule has 202 valence electrons. The number of likely N-dealkylation sites (N-methyl/N-ethyl adjacent to an activating group) is 1. The average Bonchev–Trinajstić information content (AvgIpc) is 2.91. The van der Waals surface area contributed by atoms with Crippen LogP contribution >= 0.6 is 23.2 Å². The topological polar surface area (TPSA) is 95.7 Å². The molecule has 2 aromatic carbocycles. The first kappa shape index (κ1) is 28.1. The molecule has 1 saturated heterocycles. The van der Waals surface area contributed by atoms with Gasteiger partial charge in [-0.3, -0.25) is 19.0 Å². The number of benzene rings is 2. The number of amides is 2. The van der Waals surface area contributed by atoms with Crippen LogP contribution in [0.25, 0.3) is 10.9 Å². The number of likely N-dealkylation sites (tertiary alicyclic amines) is 1. The Bertz CT molecular complexity index is 1400. The molecule has 38 heavy (non-hydrogen) atoms. The summed E-state index contributed by atoms with van der Waals surface area (Å²) in [7, 11) is 1.67. The number of piperidine rings is 1. The fraction of sp³-hybridized carbons (Fsp3) is 0.429. The van der Waals surface area contributed by atoms with Crippen molar-refractivity contribution in [1.29, 1.82) is 0 Å². The molecule has 0 radical (unpaired) electrons. The van der Waals surface area contributed by atoms with E-state index in [4.69, 9.17) is 23.2 Å². The van der Waals surface area contributed by atoms with E-state index in [2.05, 4.69) is 4.98 Å². The number of aliphatic hydroxyl groups excluding tert-OH is 1. The molecule has 1 unspecified atom stereocenters. The van der Waals surface area contributed by atoms with Gasteiger partial charge in [0, 0.05) is 26.7 Å². The number of halogens is 2. The van der Waals surface area contributed by atoms with Crippen molar-refractivity contribution in [2.45, 2.75) is 51.8 Å². The molecule has 0 bridgehead atoms. The minimum absolute atomic E-state index is 0.127. The zero-order valence-electron chi connectivity index (χ0n) is 21.7. The van der Waals surface area contributed by atoms with E-state index in [9.17, 15) is 19.5 Å². The molecule has 2 amide bonds. The van der Waals surface area contributed by atoms with Crippen LogP contribution in [0.4, 0.5) is 0 Å². The third-order valence-corrected chi connectivity index (χ3v) is 7.88. The van der Waals surface area contributed by atoms with Gasteiger partial charge in [-0.2, -0.15) is 0 Å².